The topological polar surface area (TPSA) is 91.8 Å². The van der Waals surface area contributed by atoms with Gasteiger partial charge in [-0.2, -0.15) is 0 Å². The van der Waals surface area contributed by atoms with Crippen molar-refractivity contribution in [2.45, 2.75) is 13.5 Å². The van der Waals surface area contributed by atoms with E-state index in [0.717, 1.165) is 5.56 Å². The van der Waals surface area contributed by atoms with Crippen molar-refractivity contribution in [2.24, 2.45) is 5.92 Å². The SMILES string of the molecule is CC(CN(C)C(=O)Nc1cccc(OCc2cccnc2)c1)C(=O)O. The van der Waals surface area contributed by atoms with Crippen LogP contribution in [0.25, 0.3) is 0 Å². The fourth-order valence-corrected chi connectivity index (χ4v) is 2.10. The van der Waals surface area contributed by atoms with Crippen molar-refractivity contribution in [1.29, 1.82) is 0 Å². The summed E-state index contributed by atoms with van der Waals surface area (Å²) < 4.78 is 5.69. The lowest BCUT2D eigenvalue weighted by atomic mass is 10.2. The Labute approximate surface area is 146 Å². The average molecular weight is 343 g/mol. The van der Waals surface area contributed by atoms with Gasteiger partial charge in [-0.25, -0.2) is 4.79 Å². The number of hydrogen-bond donors (Lipinski definition) is 2. The number of amides is 2. The van der Waals surface area contributed by atoms with Gasteiger partial charge in [-0.3, -0.25) is 9.78 Å². The number of pyridine rings is 1. The highest BCUT2D eigenvalue weighted by atomic mass is 16.5. The number of carbonyl (C=O) groups is 2. The number of carbonyl (C=O) groups excluding carboxylic acids is 1. The molecule has 0 aliphatic carbocycles. The summed E-state index contributed by atoms with van der Waals surface area (Å²) in [5.74, 6) is -0.960. The van der Waals surface area contributed by atoms with Crippen LogP contribution in [-0.2, 0) is 11.4 Å². The van der Waals surface area contributed by atoms with E-state index in [0.29, 0.717) is 18.0 Å². The molecule has 0 aliphatic rings. The van der Waals surface area contributed by atoms with Gasteiger partial charge in [0.2, 0.25) is 0 Å². The number of nitrogens with zero attached hydrogens (tertiary/aromatic N) is 2. The molecule has 1 unspecified atom stereocenters. The number of rotatable bonds is 7. The third-order valence-corrected chi connectivity index (χ3v) is 3.53. The van der Waals surface area contributed by atoms with Crippen molar-refractivity contribution in [3.05, 3.63) is 54.4 Å². The van der Waals surface area contributed by atoms with Crippen molar-refractivity contribution in [2.75, 3.05) is 18.9 Å². The van der Waals surface area contributed by atoms with E-state index in [1.807, 2.05) is 12.1 Å². The molecule has 7 nitrogen and oxygen atoms in total. The zero-order valence-corrected chi connectivity index (χ0v) is 14.2. The number of hydrogen-bond acceptors (Lipinski definition) is 4. The Balaban J connectivity index is 1.92. The molecule has 2 N–H and O–H groups in total. The van der Waals surface area contributed by atoms with Crippen LogP contribution < -0.4 is 10.1 Å². The molecule has 0 fully saturated rings. The van der Waals surface area contributed by atoms with Crippen LogP contribution in [0.4, 0.5) is 10.5 Å². The molecule has 2 rings (SSSR count). The summed E-state index contributed by atoms with van der Waals surface area (Å²) in [5, 5.41) is 11.6. The van der Waals surface area contributed by atoms with Crippen LogP contribution in [0.1, 0.15) is 12.5 Å². The van der Waals surface area contributed by atoms with Crippen molar-refractivity contribution >= 4 is 17.7 Å². The second-order valence-electron chi connectivity index (χ2n) is 5.73. The van der Waals surface area contributed by atoms with Gasteiger partial charge in [0.25, 0.3) is 0 Å². The fraction of sp³-hybridized carbons (Fsp3) is 0.278. The molecule has 0 saturated heterocycles. The number of aromatic nitrogens is 1. The van der Waals surface area contributed by atoms with Gasteiger partial charge in [-0.1, -0.05) is 19.1 Å². The molecule has 0 spiro atoms. The van der Waals surface area contributed by atoms with Gasteiger partial charge in [-0.15, -0.1) is 0 Å². The highest BCUT2D eigenvalue weighted by Crippen LogP contribution is 2.19. The smallest absolute Gasteiger partial charge is 0.321 e. The van der Waals surface area contributed by atoms with Crippen molar-refractivity contribution < 1.29 is 19.4 Å². The summed E-state index contributed by atoms with van der Waals surface area (Å²) in [4.78, 5) is 28.4. The first-order valence-electron chi connectivity index (χ1n) is 7.82. The predicted octanol–water partition coefficient (Wildman–Crippen LogP) is 2.85. The number of aliphatic carboxylic acids is 1. The van der Waals surface area contributed by atoms with Crippen LogP contribution in [-0.4, -0.2) is 40.6 Å². The lowest BCUT2D eigenvalue weighted by molar-refractivity contribution is -0.141. The molecule has 2 amide bonds. The fourth-order valence-electron chi connectivity index (χ4n) is 2.10. The maximum absolute atomic E-state index is 12.1. The number of anilines is 1. The van der Waals surface area contributed by atoms with Crippen LogP contribution in [0.5, 0.6) is 5.75 Å². The Bertz CT molecular complexity index is 721. The molecule has 0 bridgehead atoms. The monoisotopic (exact) mass is 343 g/mol. The highest BCUT2D eigenvalue weighted by molar-refractivity contribution is 5.89. The maximum atomic E-state index is 12.1. The summed E-state index contributed by atoms with van der Waals surface area (Å²) in [7, 11) is 1.55. The molecule has 1 atom stereocenters. The quantitative estimate of drug-likeness (QED) is 0.806. The van der Waals surface area contributed by atoms with E-state index < -0.39 is 11.9 Å². The first kappa shape index (κ1) is 18.3. The number of nitrogens with one attached hydrogen (secondary N) is 1. The normalized spacial score (nSPS) is 11.4. The van der Waals surface area contributed by atoms with E-state index in [2.05, 4.69) is 10.3 Å². The molecular weight excluding hydrogens is 322 g/mol. The van der Waals surface area contributed by atoms with Crippen LogP contribution >= 0.6 is 0 Å². The van der Waals surface area contributed by atoms with E-state index in [1.54, 1.807) is 50.6 Å². The third-order valence-electron chi connectivity index (χ3n) is 3.53. The molecular formula is C18H21N3O4. The molecule has 0 aliphatic heterocycles. The Kier molecular flexibility index (Phi) is 6.33. The largest absolute Gasteiger partial charge is 0.489 e. The van der Waals surface area contributed by atoms with Crippen LogP contribution in [0.2, 0.25) is 0 Å². The molecule has 0 saturated carbocycles. The maximum Gasteiger partial charge on any atom is 0.321 e. The van der Waals surface area contributed by atoms with Gasteiger partial charge in [0.05, 0.1) is 5.92 Å². The average Bonchev–Trinajstić information content (AvgIpc) is 2.61. The molecule has 1 heterocycles. The van der Waals surface area contributed by atoms with Gasteiger partial charge in [0, 0.05) is 43.3 Å². The Morgan fingerprint density at radius 1 is 1.32 bits per heavy atom. The molecule has 1 aromatic heterocycles. The summed E-state index contributed by atoms with van der Waals surface area (Å²) in [6.45, 7) is 2.05. The minimum atomic E-state index is -0.939. The van der Waals surface area contributed by atoms with Crippen molar-refractivity contribution in [3.8, 4) is 5.75 Å². The third kappa shape index (κ3) is 5.80. The summed E-state index contributed by atoms with van der Waals surface area (Å²) in [6.07, 6.45) is 3.42. The number of benzene rings is 1. The summed E-state index contributed by atoms with van der Waals surface area (Å²) in [5.41, 5.74) is 1.52. The van der Waals surface area contributed by atoms with Crippen LogP contribution in [0.15, 0.2) is 48.8 Å². The number of carboxylic acid groups (broad SMARTS) is 1. The predicted molar refractivity (Wildman–Crippen MR) is 93.5 cm³/mol. The summed E-state index contributed by atoms with van der Waals surface area (Å²) in [6, 6.07) is 10.4. The van der Waals surface area contributed by atoms with E-state index in [9.17, 15) is 9.59 Å². The Hall–Kier alpha value is -3.09. The van der Waals surface area contributed by atoms with E-state index in [4.69, 9.17) is 9.84 Å². The lowest BCUT2D eigenvalue weighted by Crippen LogP contribution is -2.36. The molecule has 1 aromatic carbocycles. The zero-order chi connectivity index (χ0) is 18.2. The van der Waals surface area contributed by atoms with E-state index in [1.165, 1.54) is 4.90 Å². The van der Waals surface area contributed by atoms with Gasteiger partial charge in [0.15, 0.2) is 0 Å². The van der Waals surface area contributed by atoms with Gasteiger partial charge < -0.3 is 20.1 Å². The van der Waals surface area contributed by atoms with Gasteiger partial charge in [-0.05, 0) is 18.2 Å². The molecule has 132 valence electrons. The van der Waals surface area contributed by atoms with Crippen LogP contribution in [0, 0.1) is 5.92 Å². The van der Waals surface area contributed by atoms with Crippen LogP contribution in [0.3, 0.4) is 0 Å². The first-order valence-corrected chi connectivity index (χ1v) is 7.82. The Morgan fingerprint density at radius 3 is 2.80 bits per heavy atom. The second-order valence-corrected chi connectivity index (χ2v) is 5.73. The minimum Gasteiger partial charge on any atom is -0.489 e. The number of urea groups is 1. The van der Waals surface area contributed by atoms with Gasteiger partial charge in [0.1, 0.15) is 12.4 Å². The molecule has 25 heavy (non-hydrogen) atoms. The number of carboxylic acids is 1. The van der Waals surface area contributed by atoms with Crippen molar-refractivity contribution in [1.82, 2.24) is 9.88 Å². The minimum absolute atomic E-state index is 0.123. The molecule has 0 radical (unpaired) electrons. The van der Waals surface area contributed by atoms with Gasteiger partial charge >= 0.3 is 12.0 Å². The molecule has 7 heteroatoms. The summed E-state index contributed by atoms with van der Waals surface area (Å²) >= 11 is 0. The lowest BCUT2D eigenvalue weighted by Gasteiger charge is -2.20. The zero-order valence-electron chi connectivity index (χ0n) is 14.2. The molecule has 2 aromatic rings. The Morgan fingerprint density at radius 2 is 2.12 bits per heavy atom. The standard InChI is InChI=1S/C18H21N3O4/c1-13(17(22)23)11-21(2)18(24)20-15-6-3-7-16(9-15)25-12-14-5-4-8-19-10-14/h3-10,13H,11-12H2,1-2H3,(H,20,24)(H,22,23). The van der Waals surface area contributed by atoms with E-state index >= 15 is 0 Å². The second kappa shape index (κ2) is 8.68. The van der Waals surface area contributed by atoms with Crippen molar-refractivity contribution in [3.63, 3.8) is 0 Å². The number of ether oxygens (including phenoxy) is 1. The van der Waals surface area contributed by atoms with E-state index in [-0.39, 0.29) is 12.6 Å². The highest BCUT2D eigenvalue weighted by Gasteiger charge is 2.17. The first-order chi connectivity index (χ1) is 12.0.